The molecule has 5 nitrogen and oxygen atoms in total. The molecule has 27 heavy (non-hydrogen) atoms. The minimum absolute atomic E-state index is 0.198. The number of rotatable bonds is 6. The van der Waals surface area contributed by atoms with Gasteiger partial charge in [-0.1, -0.05) is 12.1 Å². The number of halogens is 1. The molecule has 0 unspecified atom stereocenters. The summed E-state index contributed by atoms with van der Waals surface area (Å²) in [5.41, 5.74) is 9.88. The van der Waals surface area contributed by atoms with Crippen LogP contribution in [0.2, 0.25) is 0 Å². The molecule has 0 spiro atoms. The number of anilines is 1. The molecule has 1 heterocycles. The standard InChI is InChI=1S/C20H23FN4OS/c1-12-4-5-13(10-16(12)24-20(26)15(22)8-9-27-3)19-23-17-11-14(21)6-7-18(17)25(19)2/h4-7,10-11,15H,8-9,22H2,1-3H3,(H,24,26)/t15-/m0/s1. The second-order valence-electron chi connectivity index (χ2n) is 6.53. The number of nitrogens with one attached hydrogen (secondary N) is 1. The molecule has 0 bridgehead atoms. The van der Waals surface area contributed by atoms with Gasteiger partial charge in [0.2, 0.25) is 5.91 Å². The van der Waals surface area contributed by atoms with E-state index in [0.717, 1.165) is 22.4 Å². The highest BCUT2D eigenvalue weighted by atomic mass is 32.2. The number of carbonyl (C=O) groups excluding carboxylic acids is 1. The first-order chi connectivity index (χ1) is 12.9. The maximum Gasteiger partial charge on any atom is 0.241 e. The number of hydrogen-bond acceptors (Lipinski definition) is 4. The fourth-order valence-corrected chi connectivity index (χ4v) is 3.42. The van der Waals surface area contributed by atoms with Crippen molar-refractivity contribution in [3.8, 4) is 11.4 Å². The van der Waals surface area contributed by atoms with Crippen molar-refractivity contribution in [2.24, 2.45) is 12.8 Å². The molecule has 0 aliphatic heterocycles. The van der Waals surface area contributed by atoms with Crippen LogP contribution in [0.5, 0.6) is 0 Å². The zero-order chi connectivity index (χ0) is 19.6. The molecule has 0 saturated heterocycles. The second-order valence-corrected chi connectivity index (χ2v) is 7.52. The van der Waals surface area contributed by atoms with Gasteiger partial charge in [0, 0.05) is 24.4 Å². The third-order valence-electron chi connectivity index (χ3n) is 4.57. The highest BCUT2D eigenvalue weighted by molar-refractivity contribution is 7.98. The molecule has 0 aliphatic rings. The van der Waals surface area contributed by atoms with Gasteiger partial charge in [0.05, 0.1) is 17.1 Å². The van der Waals surface area contributed by atoms with Gasteiger partial charge in [-0.25, -0.2) is 9.37 Å². The number of nitrogens with zero attached hydrogens (tertiary/aromatic N) is 2. The Morgan fingerprint density at radius 2 is 2.11 bits per heavy atom. The highest BCUT2D eigenvalue weighted by Crippen LogP contribution is 2.28. The van der Waals surface area contributed by atoms with E-state index in [0.29, 0.717) is 23.4 Å². The Morgan fingerprint density at radius 3 is 2.85 bits per heavy atom. The van der Waals surface area contributed by atoms with Crippen molar-refractivity contribution < 1.29 is 9.18 Å². The summed E-state index contributed by atoms with van der Waals surface area (Å²) in [5, 5.41) is 2.92. The van der Waals surface area contributed by atoms with E-state index in [2.05, 4.69) is 10.3 Å². The lowest BCUT2D eigenvalue weighted by Crippen LogP contribution is -2.36. The molecule has 0 radical (unpaired) electrons. The Kier molecular flexibility index (Phi) is 5.82. The van der Waals surface area contributed by atoms with Crippen LogP contribution in [-0.4, -0.2) is 33.5 Å². The van der Waals surface area contributed by atoms with E-state index >= 15 is 0 Å². The first-order valence-corrected chi connectivity index (χ1v) is 10.1. The van der Waals surface area contributed by atoms with Crippen molar-refractivity contribution in [1.29, 1.82) is 0 Å². The molecule has 0 aliphatic carbocycles. The smallest absolute Gasteiger partial charge is 0.241 e. The molecule has 1 aromatic heterocycles. The highest BCUT2D eigenvalue weighted by Gasteiger charge is 2.16. The van der Waals surface area contributed by atoms with Crippen LogP contribution in [0, 0.1) is 12.7 Å². The lowest BCUT2D eigenvalue weighted by atomic mass is 10.1. The predicted molar refractivity (Wildman–Crippen MR) is 110 cm³/mol. The molecule has 2 aromatic carbocycles. The molecule has 1 amide bonds. The largest absolute Gasteiger partial charge is 0.327 e. The maximum atomic E-state index is 13.5. The topological polar surface area (TPSA) is 72.9 Å². The number of aryl methyl sites for hydroxylation is 2. The summed E-state index contributed by atoms with van der Waals surface area (Å²) < 4.78 is 15.4. The molecular weight excluding hydrogens is 363 g/mol. The van der Waals surface area contributed by atoms with Gasteiger partial charge in [0.25, 0.3) is 0 Å². The van der Waals surface area contributed by atoms with Crippen molar-refractivity contribution in [2.45, 2.75) is 19.4 Å². The lowest BCUT2D eigenvalue weighted by molar-refractivity contribution is -0.117. The summed E-state index contributed by atoms with van der Waals surface area (Å²) in [6.07, 6.45) is 2.61. The summed E-state index contributed by atoms with van der Waals surface area (Å²) >= 11 is 1.66. The molecule has 3 N–H and O–H groups in total. The van der Waals surface area contributed by atoms with E-state index in [1.807, 2.05) is 43.0 Å². The number of fused-ring (bicyclic) bond motifs is 1. The molecule has 142 valence electrons. The van der Waals surface area contributed by atoms with Crippen LogP contribution in [0.25, 0.3) is 22.4 Å². The molecule has 3 rings (SSSR count). The number of benzene rings is 2. The molecule has 0 saturated carbocycles. The van der Waals surface area contributed by atoms with E-state index in [4.69, 9.17) is 5.73 Å². The summed E-state index contributed by atoms with van der Waals surface area (Å²) in [4.78, 5) is 16.9. The fourth-order valence-electron chi connectivity index (χ4n) is 2.93. The number of carbonyl (C=O) groups is 1. The number of nitrogens with two attached hydrogens (primary N) is 1. The van der Waals surface area contributed by atoms with Gasteiger partial charge in [-0.15, -0.1) is 0 Å². The van der Waals surface area contributed by atoms with Crippen molar-refractivity contribution in [1.82, 2.24) is 9.55 Å². The molecule has 1 atom stereocenters. The normalized spacial score (nSPS) is 12.3. The minimum atomic E-state index is -0.542. The van der Waals surface area contributed by atoms with E-state index in [1.54, 1.807) is 17.8 Å². The number of thioether (sulfide) groups is 1. The van der Waals surface area contributed by atoms with Gasteiger partial charge in [-0.05, 0) is 49.1 Å². The van der Waals surface area contributed by atoms with Crippen molar-refractivity contribution in [3.05, 3.63) is 47.8 Å². The predicted octanol–water partition coefficient (Wildman–Crippen LogP) is 3.71. The summed E-state index contributed by atoms with van der Waals surface area (Å²) in [6, 6.07) is 9.76. The van der Waals surface area contributed by atoms with Gasteiger partial charge in [0.1, 0.15) is 11.6 Å². The third-order valence-corrected chi connectivity index (χ3v) is 5.21. The number of aromatic nitrogens is 2. The van der Waals surface area contributed by atoms with Gasteiger partial charge < -0.3 is 15.6 Å². The molecule has 0 fully saturated rings. The van der Waals surface area contributed by atoms with Gasteiger partial charge in [-0.2, -0.15) is 11.8 Å². The minimum Gasteiger partial charge on any atom is -0.327 e. The summed E-state index contributed by atoms with van der Waals surface area (Å²) in [5.74, 6) is 1.03. The van der Waals surface area contributed by atoms with Crippen LogP contribution >= 0.6 is 11.8 Å². The Labute approximate surface area is 162 Å². The average Bonchev–Trinajstić information content (AvgIpc) is 2.97. The summed E-state index contributed by atoms with van der Waals surface area (Å²) in [6.45, 7) is 1.93. The Morgan fingerprint density at radius 1 is 1.33 bits per heavy atom. The molecule has 3 aromatic rings. The SMILES string of the molecule is CSCC[C@H](N)C(=O)Nc1cc(-c2nc3cc(F)ccc3n2C)ccc1C. The van der Waals surface area contributed by atoms with Crippen LogP contribution in [0.1, 0.15) is 12.0 Å². The van der Waals surface area contributed by atoms with Crippen LogP contribution < -0.4 is 11.1 Å². The lowest BCUT2D eigenvalue weighted by Gasteiger charge is -2.14. The van der Waals surface area contributed by atoms with Crippen molar-refractivity contribution in [2.75, 3.05) is 17.3 Å². The Bertz CT molecular complexity index is 986. The zero-order valence-corrected chi connectivity index (χ0v) is 16.4. The molecular formula is C20H23FN4OS. The van der Waals surface area contributed by atoms with Gasteiger partial charge >= 0.3 is 0 Å². The van der Waals surface area contributed by atoms with Crippen LogP contribution in [0.15, 0.2) is 36.4 Å². The zero-order valence-electron chi connectivity index (χ0n) is 15.6. The number of amides is 1. The van der Waals surface area contributed by atoms with E-state index in [9.17, 15) is 9.18 Å². The van der Waals surface area contributed by atoms with Crippen LogP contribution in [-0.2, 0) is 11.8 Å². The monoisotopic (exact) mass is 386 g/mol. The number of imidazole rings is 1. The van der Waals surface area contributed by atoms with Crippen molar-refractivity contribution in [3.63, 3.8) is 0 Å². The first kappa shape index (κ1) is 19.4. The Balaban J connectivity index is 1.92. The van der Waals surface area contributed by atoms with Gasteiger partial charge in [0.15, 0.2) is 0 Å². The maximum absolute atomic E-state index is 13.5. The first-order valence-electron chi connectivity index (χ1n) is 8.69. The van der Waals surface area contributed by atoms with Gasteiger partial charge in [-0.3, -0.25) is 4.79 Å². The fraction of sp³-hybridized carbons (Fsp3) is 0.300. The van der Waals surface area contributed by atoms with Crippen LogP contribution in [0.4, 0.5) is 10.1 Å². The van der Waals surface area contributed by atoms with Crippen LogP contribution in [0.3, 0.4) is 0 Å². The Hall–Kier alpha value is -2.38. The number of hydrogen-bond donors (Lipinski definition) is 2. The third kappa shape index (κ3) is 4.14. The average molecular weight is 386 g/mol. The van der Waals surface area contributed by atoms with E-state index in [1.165, 1.54) is 12.1 Å². The molecule has 7 heteroatoms. The summed E-state index contributed by atoms with van der Waals surface area (Å²) in [7, 11) is 1.89. The van der Waals surface area contributed by atoms with Crippen molar-refractivity contribution >= 4 is 34.4 Å². The van der Waals surface area contributed by atoms with E-state index in [-0.39, 0.29) is 11.7 Å². The quantitative estimate of drug-likeness (QED) is 0.677. The second kappa shape index (κ2) is 8.10. The van der Waals surface area contributed by atoms with E-state index < -0.39 is 6.04 Å².